The smallest absolute Gasteiger partial charge is 0.405 e. The number of nitrogens with two attached hydrogens (primary N) is 1. The van der Waals surface area contributed by atoms with Gasteiger partial charge in [-0.2, -0.15) is 0 Å². The second-order valence-corrected chi connectivity index (χ2v) is 5.66. The number of benzene rings is 2. The normalized spacial score (nSPS) is 11.4. The molecule has 0 unspecified atom stereocenters. The topological polar surface area (TPSA) is 119 Å². The van der Waals surface area contributed by atoms with Crippen LogP contribution in [-0.4, -0.2) is 28.9 Å². The van der Waals surface area contributed by atoms with Gasteiger partial charge in [-0.25, -0.2) is 4.79 Å². The van der Waals surface area contributed by atoms with Gasteiger partial charge in [-0.3, -0.25) is 9.59 Å². The SMILES string of the molecule is NC(=O)[C@H](CCC(=O)c1ccc(OCc2ccccc2)cc1)NC(=O)O. The summed E-state index contributed by atoms with van der Waals surface area (Å²) in [6, 6.07) is 15.3. The van der Waals surface area contributed by atoms with E-state index in [1.54, 1.807) is 24.3 Å². The molecule has 7 nitrogen and oxygen atoms in total. The average molecular weight is 356 g/mol. The van der Waals surface area contributed by atoms with Crippen LogP contribution in [0.2, 0.25) is 0 Å². The van der Waals surface area contributed by atoms with Crippen molar-refractivity contribution in [1.29, 1.82) is 0 Å². The molecule has 0 aliphatic rings. The van der Waals surface area contributed by atoms with Crippen LogP contribution in [0.15, 0.2) is 54.6 Å². The van der Waals surface area contributed by atoms with E-state index in [9.17, 15) is 14.4 Å². The standard InChI is InChI=1S/C19H20N2O5/c20-18(23)16(21-19(24)25)10-11-17(22)14-6-8-15(9-7-14)26-12-13-4-2-1-3-5-13/h1-9,16,21H,10-12H2,(H2,20,23)(H,24,25)/t16-/m0/s1. The van der Waals surface area contributed by atoms with E-state index in [0.29, 0.717) is 17.9 Å². The molecule has 2 aromatic carbocycles. The fraction of sp³-hybridized carbons (Fsp3) is 0.211. The number of hydrogen-bond acceptors (Lipinski definition) is 4. The largest absolute Gasteiger partial charge is 0.489 e. The average Bonchev–Trinajstić information content (AvgIpc) is 2.64. The van der Waals surface area contributed by atoms with E-state index in [1.165, 1.54) is 0 Å². The number of hydrogen-bond donors (Lipinski definition) is 3. The van der Waals surface area contributed by atoms with E-state index in [-0.39, 0.29) is 18.6 Å². The number of amides is 2. The van der Waals surface area contributed by atoms with Crippen molar-refractivity contribution in [2.75, 3.05) is 0 Å². The summed E-state index contributed by atoms with van der Waals surface area (Å²) in [5.74, 6) is -0.393. The number of nitrogens with one attached hydrogen (secondary N) is 1. The molecule has 0 spiro atoms. The number of primary amides is 1. The summed E-state index contributed by atoms with van der Waals surface area (Å²) >= 11 is 0. The molecule has 26 heavy (non-hydrogen) atoms. The van der Waals surface area contributed by atoms with Crippen LogP contribution in [0.4, 0.5) is 4.79 Å². The third-order valence-corrected chi connectivity index (χ3v) is 3.73. The van der Waals surface area contributed by atoms with Crippen LogP contribution in [0.1, 0.15) is 28.8 Å². The van der Waals surface area contributed by atoms with E-state index >= 15 is 0 Å². The van der Waals surface area contributed by atoms with Crippen molar-refractivity contribution < 1.29 is 24.2 Å². The van der Waals surface area contributed by atoms with Gasteiger partial charge in [0, 0.05) is 12.0 Å². The van der Waals surface area contributed by atoms with Crippen LogP contribution in [0.3, 0.4) is 0 Å². The van der Waals surface area contributed by atoms with Gasteiger partial charge in [0.1, 0.15) is 18.4 Å². The Balaban J connectivity index is 1.87. The monoisotopic (exact) mass is 356 g/mol. The molecule has 7 heteroatoms. The highest BCUT2D eigenvalue weighted by molar-refractivity contribution is 5.96. The molecule has 0 bridgehead atoms. The molecule has 0 radical (unpaired) electrons. The second kappa shape index (κ2) is 9.22. The molecule has 0 aliphatic heterocycles. The van der Waals surface area contributed by atoms with Crippen LogP contribution in [0, 0.1) is 0 Å². The third-order valence-electron chi connectivity index (χ3n) is 3.73. The molecule has 2 amide bonds. The Morgan fingerprint density at radius 1 is 1.04 bits per heavy atom. The van der Waals surface area contributed by atoms with Gasteiger partial charge >= 0.3 is 6.09 Å². The Morgan fingerprint density at radius 3 is 2.27 bits per heavy atom. The maximum absolute atomic E-state index is 12.2. The van der Waals surface area contributed by atoms with Crippen LogP contribution in [0.5, 0.6) is 5.75 Å². The highest BCUT2D eigenvalue weighted by atomic mass is 16.5. The van der Waals surface area contributed by atoms with Crippen LogP contribution >= 0.6 is 0 Å². The van der Waals surface area contributed by atoms with Gasteiger partial charge in [-0.05, 0) is 36.2 Å². The predicted molar refractivity (Wildman–Crippen MR) is 94.9 cm³/mol. The van der Waals surface area contributed by atoms with Gasteiger partial charge < -0.3 is 20.9 Å². The summed E-state index contributed by atoms with van der Waals surface area (Å²) in [4.78, 5) is 34.0. The third kappa shape index (κ3) is 5.94. The highest BCUT2D eigenvalue weighted by Gasteiger charge is 2.19. The highest BCUT2D eigenvalue weighted by Crippen LogP contribution is 2.16. The maximum Gasteiger partial charge on any atom is 0.405 e. The van der Waals surface area contributed by atoms with E-state index in [0.717, 1.165) is 5.56 Å². The number of Topliss-reactive ketones (excluding diaryl/α,β-unsaturated/α-hetero) is 1. The Hall–Kier alpha value is -3.35. The molecule has 0 aliphatic carbocycles. The Kier molecular flexibility index (Phi) is 6.73. The van der Waals surface area contributed by atoms with E-state index in [2.05, 4.69) is 0 Å². The predicted octanol–water partition coefficient (Wildman–Crippen LogP) is 2.35. The molecule has 0 saturated carbocycles. The van der Waals surface area contributed by atoms with Gasteiger partial charge in [-0.15, -0.1) is 0 Å². The first-order valence-electron chi connectivity index (χ1n) is 8.04. The fourth-order valence-corrected chi connectivity index (χ4v) is 2.33. The van der Waals surface area contributed by atoms with Crippen molar-refractivity contribution in [2.45, 2.75) is 25.5 Å². The summed E-state index contributed by atoms with van der Waals surface area (Å²) < 4.78 is 5.65. The van der Waals surface area contributed by atoms with Crippen LogP contribution in [-0.2, 0) is 11.4 Å². The molecule has 136 valence electrons. The first-order chi connectivity index (χ1) is 12.5. The zero-order valence-corrected chi connectivity index (χ0v) is 14.1. The van der Waals surface area contributed by atoms with Gasteiger partial charge in [0.2, 0.25) is 5.91 Å². The second-order valence-electron chi connectivity index (χ2n) is 5.66. The van der Waals surface area contributed by atoms with Gasteiger partial charge in [0.15, 0.2) is 5.78 Å². The van der Waals surface area contributed by atoms with Crippen molar-refractivity contribution >= 4 is 17.8 Å². The first kappa shape index (κ1) is 19.0. The van der Waals surface area contributed by atoms with Crippen molar-refractivity contribution in [3.05, 3.63) is 65.7 Å². The lowest BCUT2D eigenvalue weighted by atomic mass is 10.0. The summed E-state index contributed by atoms with van der Waals surface area (Å²) in [5.41, 5.74) is 6.61. The molecule has 2 rings (SSSR count). The minimum atomic E-state index is -1.36. The molecule has 0 saturated heterocycles. The van der Waals surface area contributed by atoms with Gasteiger partial charge in [-0.1, -0.05) is 30.3 Å². The lowest BCUT2D eigenvalue weighted by molar-refractivity contribution is -0.120. The number of rotatable bonds is 9. The van der Waals surface area contributed by atoms with Crippen molar-refractivity contribution in [2.24, 2.45) is 5.73 Å². The summed E-state index contributed by atoms with van der Waals surface area (Å²) in [7, 11) is 0. The van der Waals surface area contributed by atoms with Crippen molar-refractivity contribution in [1.82, 2.24) is 5.32 Å². The quantitative estimate of drug-likeness (QED) is 0.596. The zero-order chi connectivity index (χ0) is 18.9. The van der Waals surface area contributed by atoms with Gasteiger partial charge in [0.25, 0.3) is 0 Å². The molecule has 0 fully saturated rings. The van der Waals surface area contributed by atoms with Crippen LogP contribution in [0.25, 0.3) is 0 Å². The summed E-state index contributed by atoms with van der Waals surface area (Å²) in [6.07, 6.45) is -1.36. The molecule has 0 aromatic heterocycles. The summed E-state index contributed by atoms with van der Waals surface area (Å²) in [5, 5.41) is 10.7. The van der Waals surface area contributed by atoms with E-state index < -0.39 is 18.0 Å². The minimum Gasteiger partial charge on any atom is -0.489 e. The minimum absolute atomic E-state index is 0.00188. The zero-order valence-electron chi connectivity index (χ0n) is 14.1. The Labute approximate surface area is 150 Å². The van der Waals surface area contributed by atoms with E-state index in [1.807, 2.05) is 35.6 Å². The Bertz CT molecular complexity index is 759. The van der Waals surface area contributed by atoms with Gasteiger partial charge in [0.05, 0.1) is 0 Å². The number of carbonyl (C=O) groups is 3. The van der Waals surface area contributed by atoms with Crippen LogP contribution < -0.4 is 15.8 Å². The number of carboxylic acid groups (broad SMARTS) is 1. The first-order valence-corrected chi connectivity index (χ1v) is 8.04. The molecule has 0 heterocycles. The molecular weight excluding hydrogens is 336 g/mol. The van der Waals surface area contributed by atoms with Crippen molar-refractivity contribution in [3.63, 3.8) is 0 Å². The lowest BCUT2D eigenvalue weighted by Crippen LogP contribution is -2.44. The lowest BCUT2D eigenvalue weighted by Gasteiger charge is -2.12. The molecular formula is C19H20N2O5. The number of ether oxygens (including phenoxy) is 1. The maximum atomic E-state index is 12.2. The Morgan fingerprint density at radius 2 is 1.69 bits per heavy atom. The van der Waals surface area contributed by atoms with Crippen molar-refractivity contribution in [3.8, 4) is 5.75 Å². The molecule has 4 N–H and O–H groups in total. The van der Waals surface area contributed by atoms with E-state index in [4.69, 9.17) is 15.6 Å². The number of carbonyl (C=O) groups excluding carboxylic acids is 2. The fourth-order valence-electron chi connectivity index (χ4n) is 2.33. The molecule has 1 atom stereocenters. The number of ketones is 1. The summed E-state index contributed by atoms with van der Waals surface area (Å²) in [6.45, 7) is 0.426. The molecule has 2 aromatic rings.